The number of carbonyl (C=O) groups is 1. The Kier molecular flexibility index (Phi) is 4.84. The molecule has 5 heteroatoms. The van der Waals surface area contributed by atoms with Gasteiger partial charge < -0.3 is 10.6 Å². The molecule has 1 aromatic heterocycles. The Bertz CT molecular complexity index is 1020. The SMILES string of the molecule is Cn1ncc2cc(CNC(=O)[C@@H]3C[C@@H](Cc4ccc(C5CC5)cc4)CN3)ccc21. The molecule has 2 N–H and O–H groups in total. The fourth-order valence-corrected chi connectivity index (χ4v) is 4.48. The lowest BCUT2D eigenvalue weighted by Gasteiger charge is -2.12. The number of rotatable bonds is 6. The average molecular weight is 389 g/mol. The Labute approximate surface area is 171 Å². The molecule has 0 unspecified atom stereocenters. The molecule has 5 rings (SSSR count). The van der Waals surface area contributed by atoms with Gasteiger partial charge in [-0.2, -0.15) is 5.10 Å². The Morgan fingerprint density at radius 1 is 1.17 bits per heavy atom. The molecule has 5 nitrogen and oxygen atoms in total. The van der Waals surface area contributed by atoms with Crippen LogP contribution in [-0.2, 0) is 24.8 Å². The number of benzene rings is 2. The zero-order valence-corrected chi connectivity index (χ0v) is 16.9. The van der Waals surface area contributed by atoms with Gasteiger partial charge in [0.1, 0.15) is 0 Å². The van der Waals surface area contributed by atoms with Gasteiger partial charge in [0.25, 0.3) is 0 Å². The zero-order chi connectivity index (χ0) is 19.8. The summed E-state index contributed by atoms with van der Waals surface area (Å²) in [6, 6.07) is 15.2. The Morgan fingerprint density at radius 3 is 2.76 bits per heavy atom. The van der Waals surface area contributed by atoms with Crippen LogP contribution in [0.15, 0.2) is 48.7 Å². The molecule has 150 valence electrons. The van der Waals surface area contributed by atoms with Crippen LogP contribution in [0.3, 0.4) is 0 Å². The number of nitrogens with one attached hydrogen (secondary N) is 2. The fraction of sp³-hybridized carbons (Fsp3) is 0.417. The highest BCUT2D eigenvalue weighted by Crippen LogP contribution is 2.40. The predicted molar refractivity (Wildman–Crippen MR) is 115 cm³/mol. The van der Waals surface area contributed by atoms with Crippen LogP contribution in [0.1, 0.15) is 41.9 Å². The molecule has 1 saturated heterocycles. The van der Waals surface area contributed by atoms with Gasteiger partial charge in [-0.15, -0.1) is 0 Å². The van der Waals surface area contributed by atoms with Gasteiger partial charge in [0.2, 0.25) is 5.91 Å². The van der Waals surface area contributed by atoms with Gasteiger partial charge in [0, 0.05) is 19.0 Å². The summed E-state index contributed by atoms with van der Waals surface area (Å²) in [5, 5.41) is 11.9. The van der Waals surface area contributed by atoms with Crippen LogP contribution in [0.4, 0.5) is 0 Å². The van der Waals surface area contributed by atoms with E-state index in [-0.39, 0.29) is 11.9 Å². The summed E-state index contributed by atoms with van der Waals surface area (Å²) < 4.78 is 1.86. The highest BCUT2D eigenvalue weighted by molar-refractivity contribution is 5.82. The first kappa shape index (κ1) is 18.4. The van der Waals surface area contributed by atoms with Crippen LogP contribution in [0.25, 0.3) is 10.9 Å². The molecule has 0 bridgehead atoms. The van der Waals surface area contributed by atoms with Gasteiger partial charge in [-0.1, -0.05) is 30.3 Å². The third-order valence-electron chi connectivity index (χ3n) is 6.37. The normalized spacial score (nSPS) is 21.6. The molecular weight excluding hydrogens is 360 g/mol. The first-order valence-corrected chi connectivity index (χ1v) is 10.7. The maximum atomic E-state index is 12.6. The van der Waals surface area contributed by atoms with Crippen LogP contribution < -0.4 is 10.6 Å². The van der Waals surface area contributed by atoms with Crippen LogP contribution in [0, 0.1) is 5.92 Å². The first-order valence-electron chi connectivity index (χ1n) is 10.7. The lowest BCUT2D eigenvalue weighted by Crippen LogP contribution is -2.39. The molecule has 2 heterocycles. The quantitative estimate of drug-likeness (QED) is 0.681. The van der Waals surface area contributed by atoms with E-state index in [0.29, 0.717) is 12.5 Å². The van der Waals surface area contributed by atoms with E-state index in [9.17, 15) is 4.79 Å². The summed E-state index contributed by atoms with van der Waals surface area (Å²) in [4.78, 5) is 12.6. The number of amides is 1. The summed E-state index contributed by atoms with van der Waals surface area (Å²) in [6.07, 6.45) is 6.50. The van der Waals surface area contributed by atoms with Crippen molar-refractivity contribution < 1.29 is 4.79 Å². The van der Waals surface area contributed by atoms with E-state index < -0.39 is 0 Å². The smallest absolute Gasteiger partial charge is 0.237 e. The molecule has 0 spiro atoms. The van der Waals surface area contributed by atoms with E-state index in [1.807, 2.05) is 17.9 Å². The number of aromatic nitrogens is 2. The van der Waals surface area contributed by atoms with E-state index in [4.69, 9.17) is 0 Å². The Morgan fingerprint density at radius 2 is 1.97 bits per heavy atom. The molecule has 29 heavy (non-hydrogen) atoms. The minimum atomic E-state index is -0.0899. The van der Waals surface area contributed by atoms with Crippen LogP contribution >= 0.6 is 0 Å². The zero-order valence-electron chi connectivity index (χ0n) is 16.9. The monoisotopic (exact) mass is 388 g/mol. The molecule has 1 amide bonds. The third-order valence-corrected chi connectivity index (χ3v) is 6.37. The molecule has 2 aliphatic rings. The number of nitrogens with zero attached hydrogens (tertiary/aromatic N) is 2. The van der Waals surface area contributed by atoms with Gasteiger partial charge in [-0.05, 0) is 72.9 Å². The van der Waals surface area contributed by atoms with Crippen LogP contribution in [-0.4, -0.2) is 28.3 Å². The summed E-state index contributed by atoms with van der Waals surface area (Å²) in [6.45, 7) is 1.46. The van der Waals surface area contributed by atoms with Crippen molar-refractivity contribution in [2.24, 2.45) is 13.0 Å². The van der Waals surface area contributed by atoms with Crippen molar-refractivity contribution in [3.63, 3.8) is 0 Å². The molecule has 3 aromatic rings. The summed E-state index contributed by atoms with van der Waals surface area (Å²) in [5.41, 5.74) is 5.07. The van der Waals surface area contributed by atoms with Crippen molar-refractivity contribution in [2.75, 3.05) is 6.54 Å². The van der Waals surface area contributed by atoms with E-state index in [2.05, 4.69) is 58.2 Å². The van der Waals surface area contributed by atoms with Crippen molar-refractivity contribution in [3.05, 3.63) is 65.4 Å². The van der Waals surface area contributed by atoms with Crippen molar-refractivity contribution >= 4 is 16.8 Å². The maximum absolute atomic E-state index is 12.6. The molecule has 0 radical (unpaired) electrons. The summed E-state index contributed by atoms with van der Waals surface area (Å²) >= 11 is 0. The highest BCUT2D eigenvalue weighted by Gasteiger charge is 2.29. The minimum Gasteiger partial charge on any atom is -0.351 e. The lowest BCUT2D eigenvalue weighted by molar-refractivity contribution is -0.123. The second-order valence-electron chi connectivity index (χ2n) is 8.66. The Balaban J connectivity index is 1.12. The highest BCUT2D eigenvalue weighted by atomic mass is 16.2. The van der Waals surface area contributed by atoms with E-state index >= 15 is 0 Å². The number of aryl methyl sites for hydroxylation is 1. The van der Waals surface area contributed by atoms with Crippen LogP contribution in [0.2, 0.25) is 0 Å². The van der Waals surface area contributed by atoms with Crippen molar-refractivity contribution in [1.29, 1.82) is 0 Å². The topological polar surface area (TPSA) is 59.0 Å². The molecule has 2 fully saturated rings. The predicted octanol–water partition coefficient (Wildman–Crippen LogP) is 3.29. The van der Waals surface area contributed by atoms with E-state index in [0.717, 1.165) is 41.8 Å². The van der Waals surface area contributed by atoms with Gasteiger partial charge in [-0.3, -0.25) is 9.48 Å². The fourth-order valence-electron chi connectivity index (χ4n) is 4.48. The van der Waals surface area contributed by atoms with E-state index in [1.54, 1.807) is 0 Å². The third kappa shape index (κ3) is 4.06. The second kappa shape index (κ2) is 7.64. The van der Waals surface area contributed by atoms with Gasteiger partial charge in [-0.25, -0.2) is 0 Å². The number of hydrogen-bond acceptors (Lipinski definition) is 3. The van der Waals surface area contributed by atoms with Crippen molar-refractivity contribution in [2.45, 2.75) is 44.2 Å². The first-order chi connectivity index (χ1) is 14.2. The standard InChI is InChI=1S/C24H28N4O/c1-28-23-9-4-17(11-21(23)15-27-28)13-26-24(29)22-12-18(14-25-22)10-16-2-5-19(6-3-16)20-7-8-20/h2-6,9,11,15,18,20,22,25H,7-8,10,12-14H2,1H3,(H,26,29)/t18-,22+/m1/s1. The summed E-state index contributed by atoms with van der Waals surface area (Å²) in [5.74, 6) is 1.43. The van der Waals surface area contributed by atoms with Gasteiger partial charge in [0.15, 0.2) is 0 Å². The Hall–Kier alpha value is -2.66. The lowest BCUT2D eigenvalue weighted by atomic mass is 9.95. The van der Waals surface area contributed by atoms with Gasteiger partial charge >= 0.3 is 0 Å². The minimum absolute atomic E-state index is 0.0899. The van der Waals surface area contributed by atoms with Crippen molar-refractivity contribution in [1.82, 2.24) is 20.4 Å². The largest absolute Gasteiger partial charge is 0.351 e. The molecule has 1 saturated carbocycles. The van der Waals surface area contributed by atoms with E-state index in [1.165, 1.54) is 24.0 Å². The maximum Gasteiger partial charge on any atom is 0.237 e. The van der Waals surface area contributed by atoms with Crippen LogP contribution in [0.5, 0.6) is 0 Å². The van der Waals surface area contributed by atoms with Crippen molar-refractivity contribution in [3.8, 4) is 0 Å². The number of carbonyl (C=O) groups excluding carboxylic acids is 1. The molecule has 1 aliphatic carbocycles. The molecule has 2 atom stereocenters. The number of hydrogen-bond donors (Lipinski definition) is 2. The molecule has 1 aliphatic heterocycles. The number of fused-ring (bicyclic) bond motifs is 1. The molecule has 2 aromatic carbocycles. The van der Waals surface area contributed by atoms with Gasteiger partial charge in [0.05, 0.1) is 17.8 Å². The second-order valence-corrected chi connectivity index (χ2v) is 8.66. The average Bonchev–Trinajstić information content (AvgIpc) is 3.38. The molecular formula is C24H28N4O. The summed E-state index contributed by atoms with van der Waals surface area (Å²) in [7, 11) is 1.94.